The Morgan fingerprint density at radius 1 is 1.19 bits per heavy atom. The first-order valence-electron chi connectivity index (χ1n) is 9.50. The molecule has 3 rings (SSSR count). The third-order valence-electron chi connectivity index (χ3n) is 4.56. The third kappa shape index (κ3) is 5.15. The van der Waals surface area contributed by atoms with Crippen molar-refractivity contribution in [2.45, 2.75) is 19.4 Å². The maximum Gasteiger partial charge on any atom is 0.269 e. The second-order valence-corrected chi connectivity index (χ2v) is 7.09. The van der Waals surface area contributed by atoms with Crippen LogP contribution in [0.4, 0.5) is 10.1 Å². The molecule has 1 aliphatic heterocycles. The van der Waals surface area contributed by atoms with Gasteiger partial charge in [0.15, 0.2) is 5.11 Å². The number of ether oxygens (including phenoxy) is 1. The number of carbonyl (C=O) groups is 3. The van der Waals surface area contributed by atoms with E-state index < -0.39 is 29.6 Å². The predicted octanol–water partition coefficient (Wildman–Crippen LogP) is 2.33. The number of amides is 3. The molecular formula is C21H21FN4O4S. The molecule has 2 N–H and O–H groups in total. The van der Waals surface area contributed by atoms with Crippen LogP contribution in [-0.2, 0) is 9.59 Å². The Morgan fingerprint density at radius 2 is 1.90 bits per heavy atom. The van der Waals surface area contributed by atoms with Gasteiger partial charge in [-0.3, -0.25) is 24.7 Å². The molecule has 2 aromatic rings. The third-order valence-corrected chi connectivity index (χ3v) is 5.03. The summed E-state index contributed by atoms with van der Waals surface area (Å²) in [4.78, 5) is 38.9. The number of anilines is 1. The van der Waals surface area contributed by atoms with Crippen molar-refractivity contribution in [1.82, 2.24) is 15.3 Å². The maximum absolute atomic E-state index is 13.1. The quantitative estimate of drug-likeness (QED) is 0.637. The fraction of sp³-hybridized carbons (Fsp3) is 0.238. The maximum atomic E-state index is 13.1. The molecule has 2 aromatic carbocycles. The Morgan fingerprint density at radius 3 is 2.58 bits per heavy atom. The Balaban J connectivity index is 1.71. The van der Waals surface area contributed by atoms with E-state index in [1.54, 1.807) is 24.3 Å². The van der Waals surface area contributed by atoms with Gasteiger partial charge in [0.2, 0.25) is 5.91 Å². The van der Waals surface area contributed by atoms with Gasteiger partial charge in [0.1, 0.15) is 17.6 Å². The molecule has 1 unspecified atom stereocenters. The lowest BCUT2D eigenvalue weighted by Crippen LogP contribution is -2.49. The number of nitrogens with zero attached hydrogens (tertiary/aromatic N) is 2. The van der Waals surface area contributed by atoms with Gasteiger partial charge in [-0.25, -0.2) is 9.40 Å². The molecule has 0 aromatic heterocycles. The largest absolute Gasteiger partial charge is 0.494 e. The van der Waals surface area contributed by atoms with Crippen LogP contribution in [0.25, 0.3) is 0 Å². The summed E-state index contributed by atoms with van der Waals surface area (Å²) in [5.41, 5.74) is 3.23. The molecule has 1 atom stereocenters. The van der Waals surface area contributed by atoms with Crippen LogP contribution in [0.1, 0.15) is 23.7 Å². The second-order valence-electron chi connectivity index (χ2n) is 6.73. The van der Waals surface area contributed by atoms with Crippen LogP contribution in [0.15, 0.2) is 48.5 Å². The van der Waals surface area contributed by atoms with E-state index in [4.69, 9.17) is 17.0 Å². The van der Waals surface area contributed by atoms with Crippen LogP contribution in [0.3, 0.4) is 0 Å². The lowest BCUT2D eigenvalue weighted by molar-refractivity contribution is -0.130. The molecule has 3 amide bonds. The van der Waals surface area contributed by atoms with Crippen LogP contribution in [0.2, 0.25) is 0 Å². The lowest BCUT2D eigenvalue weighted by atomic mass is 10.2. The smallest absolute Gasteiger partial charge is 0.269 e. The highest BCUT2D eigenvalue weighted by Gasteiger charge is 2.42. The number of benzene rings is 2. The van der Waals surface area contributed by atoms with Crippen LogP contribution in [-0.4, -0.2) is 52.4 Å². The topological polar surface area (TPSA) is 91.0 Å². The van der Waals surface area contributed by atoms with Crippen molar-refractivity contribution in [3.63, 3.8) is 0 Å². The number of hydrazine groups is 1. The molecule has 0 aliphatic carbocycles. The highest BCUT2D eigenvalue weighted by Crippen LogP contribution is 2.21. The van der Waals surface area contributed by atoms with Gasteiger partial charge < -0.3 is 10.1 Å². The molecule has 31 heavy (non-hydrogen) atoms. The first kappa shape index (κ1) is 22.2. The molecule has 1 fully saturated rings. The average molecular weight is 444 g/mol. The fourth-order valence-electron chi connectivity index (χ4n) is 3.02. The summed E-state index contributed by atoms with van der Waals surface area (Å²) in [6, 6.07) is 10.8. The van der Waals surface area contributed by atoms with Crippen LogP contribution < -0.4 is 15.5 Å². The van der Waals surface area contributed by atoms with E-state index in [-0.39, 0.29) is 17.1 Å². The average Bonchev–Trinajstić information content (AvgIpc) is 2.93. The summed E-state index contributed by atoms with van der Waals surface area (Å²) in [6.07, 6.45) is -0.244. The highest BCUT2D eigenvalue weighted by molar-refractivity contribution is 7.80. The van der Waals surface area contributed by atoms with Crippen molar-refractivity contribution >= 4 is 40.7 Å². The van der Waals surface area contributed by atoms with Crippen LogP contribution >= 0.6 is 12.2 Å². The van der Waals surface area contributed by atoms with E-state index >= 15 is 0 Å². The first-order valence-corrected chi connectivity index (χ1v) is 9.91. The van der Waals surface area contributed by atoms with Gasteiger partial charge in [0, 0.05) is 24.4 Å². The lowest BCUT2D eigenvalue weighted by Gasteiger charge is -2.24. The second kappa shape index (κ2) is 9.52. The van der Waals surface area contributed by atoms with Gasteiger partial charge in [-0.05, 0) is 55.5 Å². The predicted molar refractivity (Wildman–Crippen MR) is 116 cm³/mol. The van der Waals surface area contributed by atoms with Crippen LogP contribution in [0, 0.1) is 5.82 Å². The Hall–Kier alpha value is -3.53. The Labute approximate surface area is 183 Å². The molecule has 0 saturated carbocycles. The Kier molecular flexibility index (Phi) is 6.81. The molecule has 8 nitrogen and oxygen atoms in total. The summed E-state index contributed by atoms with van der Waals surface area (Å²) in [5.74, 6) is -1.33. The molecule has 10 heteroatoms. The van der Waals surface area contributed by atoms with Gasteiger partial charge in [0.05, 0.1) is 13.0 Å². The normalized spacial score (nSPS) is 15.8. The monoisotopic (exact) mass is 444 g/mol. The number of rotatable bonds is 7. The van der Waals surface area contributed by atoms with Gasteiger partial charge >= 0.3 is 0 Å². The van der Waals surface area contributed by atoms with Crippen molar-refractivity contribution in [2.24, 2.45) is 0 Å². The summed E-state index contributed by atoms with van der Waals surface area (Å²) in [5, 5.41) is 3.95. The van der Waals surface area contributed by atoms with Gasteiger partial charge in [-0.15, -0.1) is 0 Å². The van der Waals surface area contributed by atoms with Crippen molar-refractivity contribution in [1.29, 1.82) is 0 Å². The number of thiocarbonyl (C=S) groups is 1. The molecule has 0 spiro atoms. The van der Waals surface area contributed by atoms with Gasteiger partial charge in [-0.2, -0.15) is 0 Å². The number of likely N-dealkylation sites (N-methyl/N-ethyl adjacent to an activating group) is 1. The minimum atomic E-state index is -1.02. The molecular weight excluding hydrogens is 423 g/mol. The van der Waals surface area contributed by atoms with E-state index in [9.17, 15) is 18.8 Å². The minimum absolute atomic E-state index is 0.0524. The van der Waals surface area contributed by atoms with E-state index in [2.05, 4.69) is 10.7 Å². The van der Waals surface area contributed by atoms with Gasteiger partial charge in [-0.1, -0.05) is 6.07 Å². The highest BCUT2D eigenvalue weighted by atomic mass is 32.1. The standard InChI is InChI=1S/C21H21FN4O4S/c1-3-30-16-6-4-5-15(11-16)23-18(27)12-17-20(29)25(2)21(31)26(17)24-19(28)13-7-9-14(22)10-8-13/h4-11,17H,3,12H2,1-2H3,(H,23,27)(H,24,28). The number of hydrogen-bond acceptors (Lipinski definition) is 5. The van der Waals surface area contributed by atoms with Crippen molar-refractivity contribution in [3.05, 3.63) is 59.9 Å². The molecule has 1 aliphatic rings. The Bertz CT molecular complexity index is 1010. The van der Waals surface area contributed by atoms with Gasteiger partial charge in [0.25, 0.3) is 11.8 Å². The number of hydrogen-bond donors (Lipinski definition) is 2. The summed E-state index contributed by atoms with van der Waals surface area (Å²) < 4.78 is 18.5. The number of nitrogens with one attached hydrogen (secondary N) is 2. The number of halogens is 1. The SMILES string of the molecule is CCOc1cccc(NC(=O)CC2C(=O)N(C)C(=S)N2NC(=O)c2ccc(F)cc2)c1. The van der Waals surface area contributed by atoms with E-state index in [1.807, 2.05) is 6.92 Å². The zero-order valence-corrected chi connectivity index (χ0v) is 17.7. The van der Waals surface area contributed by atoms with Crippen molar-refractivity contribution in [3.8, 4) is 5.75 Å². The van der Waals surface area contributed by atoms with E-state index in [1.165, 1.54) is 29.1 Å². The van der Waals surface area contributed by atoms with Crippen LogP contribution in [0.5, 0.6) is 5.75 Å². The summed E-state index contributed by atoms with van der Waals surface area (Å²) in [7, 11) is 1.46. The van der Waals surface area contributed by atoms with E-state index in [0.29, 0.717) is 18.0 Å². The van der Waals surface area contributed by atoms with Crippen molar-refractivity contribution < 1.29 is 23.5 Å². The fourth-order valence-corrected chi connectivity index (χ4v) is 3.28. The minimum Gasteiger partial charge on any atom is -0.494 e. The van der Waals surface area contributed by atoms with Crippen molar-refractivity contribution in [2.75, 3.05) is 19.0 Å². The first-order chi connectivity index (χ1) is 14.8. The molecule has 1 saturated heterocycles. The summed E-state index contributed by atoms with van der Waals surface area (Å²) >= 11 is 5.24. The zero-order chi connectivity index (χ0) is 22.5. The number of carbonyl (C=O) groups excluding carboxylic acids is 3. The zero-order valence-electron chi connectivity index (χ0n) is 16.9. The molecule has 0 bridgehead atoms. The molecule has 0 radical (unpaired) electrons. The molecule has 1 heterocycles. The molecule has 162 valence electrons. The van der Waals surface area contributed by atoms with E-state index in [0.717, 1.165) is 12.1 Å². The summed E-state index contributed by atoms with van der Waals surface area (Å²) in [6.45, 7) is 2.34.